The number of carbonyl (C=O) groups is 8. The van der Waals surface area contributed by atoms with Crippen molar-refractivity contribution < 1.29 is 100 Å². The lowest BCUT2D eigenvalue weighted by Crippen LogP contribution is -2.40. The molecule has 0 radical (unpaired) electrons. The number of anilines is 2. The Morgan fingerprint density at radius 2 is 1.19 bits per heavy atom. The summed E-state index contributed by atoms with van der Waals surface area (Å²) >= 11 is 0. The smallest absolute Gasteiger partial charge is 0.349 e. The van der Waals surface area contributed by atoms with Crippen molar-refractivity contribution in [1.29, 1.82) is 0 Å². The molecule has 0 saturated carbocycles. The average Bonchev–Trinajstić information content (AvgIpc) is 1.40. The normalized spacial score (nSPS) is 17.1. The van der Waals surface area contributed by atoms with Gasteiger partial charge in [-0.05, 0) is 85.8 Å². The number of carboxylic acids is 1. The molecule has 78 heavy (non-hydrogen) atoms. The van der Waals surface area contributed by atoms with Gasteiger partial charge in [-0.1, -0.05) is 45.5 Å². The number of methoxy groups -OCH3 is 2. The predicted molar refractivity (Wildman–Crippen MR) is 291 cm³/mol. The van der Waals surface area contributed by atoms with Crippen LogP contribution in [-0.4, -0.2) is 132 Å². The van der Waals surface area contributed by atoms with Gasteiger partial charge in [-0.3, -0.25) is 28.9 Å². The molecule has 6 rings (SSSR count). The molecule has 3 atom stereocenters. The fourth-order valence-electron chi connectivity index (χ4n) is 6.85. The Hall–Kier alpha value is -7.90. The highest BCUT2D eigenvalue weighted by Gasteiger charge is 2.43. The lowest BCUT2D eigenvalue weighted by atomic mass is 10.0. The van der Waals surface area contributed by atoms with E-state index in [9.17, 15) is 56.6 Å². The van der Waals surface area contributed by atoms with Crippen LogP contribution in [0.1, 0.15) is 143 Å². The summed E-state index contributed by atoms with van der Waals surface area (Å²) in [5.74, 6) is -6.57. The molecule has 0 aliphatic carbocycles. The highest BCUT2D eigenvalue weighted by atomic mass is 32.2. The summed E-state index contributed by atoms with van der Waals surface area (Å²) in [6, 6.07) is 8.13. The largest absolute Gasteiger partial charge is 0.493 e. The first-order valence-corrected chi connectivity index (χ1v) is 26.4. The SMILES string of the molecule is C.CC(=O)N[C@@H](CC(C)C)C(=O)O.CC(=O)Nc1cccc2c1C(=O)OC2=O.[2H]C([2H])([2H])Oc1ccc([C@]([2H])(N)C([2H])([2H])S(C)(=O)=O)cc1OCC.[2H]C([2H])([2H])Oc1ccc([C@]([2H])(N2C(=O)c3cccc(NC(C)=O)c3C2=O)C([2H])([2H])S(C)(=O)=O)cc1OCC. The summed E-state index contributed by atoms with van der Waals surface area (Å²) in [5, 5.41) is 15.9. The first-order valence-electron chi connectivity index (χ1n) is 28.6. The number of hydrogen-bond donors (Lipinski definition) is 5. The summed E-state index contributed by atoms with van der Waals surface area (Å²) in [6.45, 7) is 10.9. The summed E-state index contributed by atoms with van der Waals surface area (Å²) in [6.07, 6.45) is 1.61. The van der Waals surface area contributed by atoms with Crippen LogP contribution in [0.25, 0.3) is 0 Å². The van der Waals surface area contributed by atoms with E-state index in [4.69, 9.17) is 44.9 Å². The van der Waals surface area contributed by atoms with Gasteiger partial charge in [0.1, 0.15) is 25.7 Å². The number of ether oxygens (including phenoxy) is 5. The molecule has 0 spiro atoms. The first-order chi connectivity index (χ1) is 40.5. The average molecular weight is 1140 g/mol. The van der Waals surface area contributed by atoms with Crippen LogP contribution in [-0.2, 0) is 43.6 Å². The number of carboxylic acid groups (broad SMARTS) is 1. The molecule has 5 amide bonds. The van der Waals surface area contributed by atoms with Crippen molar-refractivity contribution >= 4 is 78.5 Å². The van der Waals surface area contributed by atoms with Gasteiger partial charge in [-0.2, -0.15) is 0 Å². The molecule has 6 N–H and O–H groups in total. The number of esters is 2. The molecule has 0 aromatic heterocycles. The number of aliphatic carboxylic acids is 1. The fourth-order valence-corrected chi connectivity index (χ4v) is 7.93. The quantitative estimate of drug-likeness (QED) is 0.0421. The van der Waals surface area contributed by atoms with E-state index in [2.05, 4.69) is 20.7 Å². The van der Waals surface area contributed by atoms with E-state index < -0.39 is 104 Å². The number of rotatable bonds is 19. The molecule has 2 aliphatic heterocycles. The molecule has 2 heterocycles. The van der Waals surface area contributed by atoms with Gasteiger partial charge in [0, 0.05) is 44.8 Å². The van der Waals surface area contributed by atoms with Gasteiger partial charge in [0.25, 0.3) is 11.8 Å². The summed E-state index contributed by atoms with van der Waals surface area (Å²) in [4.78, 5) is 93.3. The molecule has 4 aromatic rings. The van der Waals surface area contributed by atoms with Crippen LogP contribution in [0.3, 0.4) is 0 Å². The van der Waals surface area contributed by atoms with Crippen molar-refractivity contribution in [3.63, 3.8) is 0 Å². The Kier molecular flexibility index (Phi) is 18.4. The van der Waals surface area contributed by atoms with Crippen LogP contribution in [0.2, 0.25) is 0 Å². The Morgan fingerprint density at radius 1 is 0.705 bits per heavy atom. The van der Waals surface area contributed by atoms with Crippen LogP contribution in [0.5, 0.6) is 23.0 Å². The number of carbonyl (C=O) groups excluding carboxylic acids is 7. The second-order valence-electron chi connectivity index (χ2n) is 16.6. The molecule has 4 aromatic carbocycles. The van der Waals surface area contributed by atoms with E-state index in [1.165, 1.54) is 38.1 Å². The molecule has 0 saturated heterocycles. The number of amides is 5. The number of cyclic esters (lactones) is 2. The molecule has 2 aliphatic rings. The summed E-state index contributed by atoms with van der Waals surface area (Å²) < 4.78 is 166. The number of fused-ring (bicyclic) bond motifs is 2. The van der Waals surface area contributed by atoms with Crippen LogP contribution < -0.4 is 40.6 Å². The Labute approximate surface area is 471 Å². The molecule has 0 bridgehead atoms. The molecule has 23 nitrogen and oxygen atoms in total. The summed E-state index contributed by atoms with van der Waals surface area (Å²) in [7, 11) is -14.8. The Morgan fingerprint density at radius 3 is 1.64 bits per heavy atom. The predicted octanol–water partition coefficient (Wildman–Crippen LogP) is 5.79. The van der Waals surface area contributed by atoms with Crippen molar-refractivity contribution in [3.05, 3.63) is 106 Å². The minimum absolute atomic E-state index is 0. The van der Waals surface area contributed by atoms with Gasteiger partial charge >= 0.3 is 17.9 Å². The minimum atomic E-state index is -4.81. The molecular weight excluding hydrogens is 1060 g/mol. The van der Waals surface area contributed by atoms with E-state index in [0.29, 0.717) is 24.6 Å². The van der Waals surface area contributed by atoms with Gasteiger partial charge in [0.2, 0.25) is 17.7 Å². The third-order valence-corrected chi connectivity index (χ3v) is 10.8. The second kappa shape index (κ2) is 29.6. The zero-order valence-corrected chi connectivity index (χ0v) is 44.6. The number of sulfone groups is 2. The third-order valence-electron chi connectivity index (χ3n) is 9.69. The minimum Gasteiger partial charge on any atom is -0.493 e. The molecule has 25 heteroatoms. The Bertz CT molecular complexity index is 3630. The van der Waals surface area contributed by atoms with Crippen LogP contribution >= 0.6 is 0 Å². The van der Waals surface area contributed by atoms with E-state index >= 15 is 0 Å². The van der Waals surface area contributed by atoms with E-state index in [1.807, 2.05) is 13.8 Å². The lowest BCUT2D eigenvalue weighted by molar-refractivity contribution is -0.142. The van der Waals surface area contributed by atoms with Gasteiger partial charge in [0.15, 0.2) is 23.0 Å². The maximum absolute atomic E-state index is 13.6. The zero-order valence-electron chi connectivity index (χ0n) is 54.9. The standard InChI is InChI=1S/C22H24N2O7S.C12H19NO4S.C10H7NO4.C8H15NO3.CH4/c1-5-31-19-11-14(9-10-18(19)30-3)17(12-32(4,28)29)24-21(26)15-7-6-8-16(23-13(2)25)20(15)22(24)27;1-4-17-12-7-9(5-6-11(12)16-2)10(13)8-18(3,14)15;1-5(12)11-7-4-2-3-6-8(7)10(14)15-9(6)13;1-5(2)4-7(8(11)12)9-6(3)10;/h6-11,17H,5,12H2,1-4H3,(H,23,25);5-7,10H,4,8,13H2,1-3H3;2-4H,1H3,(H,11,12);5,7H,4H2,1-3H3,(H,9,10)(H,11,12);1H4/t17-;10-;;7-;/m11.0./s1/i3D3,12D2,17D;2D3,8D2,10D;;;. The fraction of sp³-hybridized carbons (Fsp3) is 0.396. The second-order valence-corrected chi connectivity index (χ2v) is 20.1. The van der Waals surface area contributed by atoms with Gasteiger partial charge in [-0.15, -0.1) is 0 Å². The lowest BCUT2D eigenvalue weighted by Gasteiger charge is -2.27. The van der Waals surface area contributed by atoms with Crippen LogP contribution in [0, 0.1) is 5.92 Å². The topological polar surface area (TPSA) is 337 Å². The molecule has 0 unspecified atom stereocenters. The van der Waals surface area contributed by atoms with Gasteiger partial charge in [0.05, 0.1) is 89.3 Å². The number of hydrogen-bond acceptors (Lipinski definition) is 18. The highest BCUT2D eigenvalue weighted by Crippen LogP contribution is 2.39. The van der Waals surface area contributed by atoms with E-state index in [-0.39, 0.29) is 99.8 Å². The van der Waals surface area contributed by atoms with Crippen molar-refractivity contribution in [2.24, 2.45) is 11.7 Å². The zero-order chi connectivity index (χ0) is 68.5. The van der Waals surface area contributed by atoms with Gasteiger partial charge in [-0.25, -0.2) is 31.2 Å². The Balaban J connectivity index is 0.000000451. The highest BCUT2D eigenvalue weighted by molar-refractivity contribution is 7.90. The maximum atomic E-state index is 13.6. The monoisotopic (exact) mass is 1140 g/mol. The number of benzene rings is 4. The summed E-state index contributed by atoms with van der Waals surface area (Å²) in [5.41, 5.74) is -1.86. The van der Waals surface area contributed by atoms with Crippen molar-refractivity contribution in [2.75, 3.05) is 61.8 Å². The van der Waals surface area contributed by atoms with Gasteiger partial charge < -0.3 is 50.5 Å². The van der Waals surface area contributed by atoms with Crippen molar-refractivity contribution in [2.45, 2.75) is 80.4 Å². The maximum Gasteiger partial charge on any atom is 0.349 e. The molecule has 0 fully saturated rings. The van der Waals surface area contributed by atoms with E-state index in [1.54, 1.807) is 26.0 Å². The molecule has 426 valence electrons. The number of imide groups is 1. The van der Waals surface area contributed by atoms with Crippen molar-refractivity contribution in [1.82, 2.24) is 10.2 Å². The number of nitrogens with two attached hydrogens (primary N) is 1. The number of nitrogens with one attached hydrogen (secondary N) is 3. The number of nitrogens with zero attached hydrogens (tertiary/aromatic N) is 1. The first kappa shape index (κ1) is 48.5. The van der Waals surface area contributed by atoms with Crippen LogP contribution in [0.15, 0.2) is 72.8 Å². The van der Waals surface area contributed by atoms with Crippen molar-refractivity contribution in [3.8, 4) is 23.0 Å². The molecular formula is C53H69N5O18S2. The third kappa shape index (κ3) is 19.3. The van der Waals surface area contributed by atoms with E-state index in [0.717, 1.165) is 43.3 Å². The van der Waals surface area contributed by atoms with Crippen LogP contribution in [0.4, 0.5) is 11.4 Å².